The predicted octanol–water partition coefficient (Wildman–Crippen LogP) is 3.65. The van der Waals surface area contributed by atoms with Crippen LogP contribution in [0, 0.1) is 0 Å². The number of rotatable bonds is 5. The number of aromatic nitrogens is 4. The van der Waals surface area contributed by atoms with E-state index >= 15 is 0 Å². The summed E-state index contributed by atoms with van der Waals surface area (Å²) in [6.07, 6.45) is 9.28. The first-order valence-electron chi connectivity index (χ1n) is 11.4. The molecule has 2 N–H and O–H groups in total. The van der Waals surface area contributed by atoms with Gasteiger partial charge in [0.1, 0.15) is 5.69 Å². The molecule has 1 aliphatic carbocycles. The molecule has 7 nitrogen and oxygen atoms in total. The molecule has 4 aromatic rings. The molecular formula is C26H27N5O2. The molecule has 0 spiro atoms. The molecule has 2 atom stereocenters. The molecule has 1 saturated carbocycles. The monoisotopic (exact) mass is 441 g/mol. The topological polar surface area (TPSA) is 92.9 Å². The molecule has 3 heterocycles. The first kappa shape index (κ1) is 21.3. The van der Waals surface area contributed by atoms with E-state index in [1.165, 1.54) is 0 Å². The second kappa shape index (κ2) is 9.11. The molecule has 0 unspecified atom stereocenters. The van der Waals surface area contributed by atoms with Crippen molar-refractivity contribution in [1.82, 2.24) is 25.1 Å². The largest absolute Gasteiger partial charge is 0.391 e. The van der Waals surface area contributed by atoms with E-state index in [0.717, 1.165) is 59.0 Å². The van der Waals surface area contributed by atoms with Crippen LogP contribution in [0.15, 0.2) is 61.1 Å². The van der Waals surface area contributed by atoms with Crippen LogP contribution in [0.1, 0.15) is 47.3 Å². The Bertz CT molecular complexity index is 1280. The smallest absolute Gasteiger partial charge is 0.270 e. The number of hydrogen-bond acceptors (Lipinski definition) is 5. The summed E-state index contributed by atoms with van der Waals surface area (Å²) < 4.78 is 1.76. The van der Waals surface area contributed by atoms with Crippen molar-refractivity contribution in [2.24, 2.45) is 7.05 Å². The normalized spacial score (nSPS) is 18.4. The van der Waals surface area contributed by atoms with Crippen LogP contribution >= 0.6 is 0 Å². The Kier molecular flexibility index (Phi) is 5.88. The Hall–Kier alpha value is -3.58. The van der Waals surface area contributed by atoms with Crippen molar-refractivity contribution in [3.63, 3.8) is 0 Å². The number of nitrogens with one attached hydrogen (secondary N) is 1. The highest BCUT2D eigenvalue weighted by molar-refractivity contribution is 5.96. The van der Waals surface area contributed by atoms with Crippen LogP contribution in [0.5, 0.6) is 0 Å². The highest BCUT2D eigenvalue weighted by Gasteiger charge is 2.25. The number of carbonyl (C=O) groups is 1. The molecule has 0 bridgehead atoms. The molecule has 0 radical (unpaired) electrons. The summed E-state index contributed by atoms with van der Waals surface area (Å²) in [5.74, 6) is -0.238. The predicted molar refractivity (Wildman–Crippen MR) is 127 cm³/mol. The zero-order chi connectivity index (χ0) is 22.8. The molecule has 1 amide bonds. The Morgan fingerprint density at radius 2 is 2.00 bits per heavy atom. The van der Waals surface area contributed by atoms with E-state index in [2.05, 4.69) is 26.4 Å². The average Bonchev–Trinajstić information content (AvgIpc) is 3.27. The van der Waals surface area contributed by atoms with Gasteiger partial charge in [0.05, 0.1) is 29.6 Å². The quantitative estimate of drug-likeness (QED) is 0.493. The molecule has 168 valence electrons. The number of benzene rings is 1. The molecule has 7 heteroatoms. The van der Waals surface area contributed by atoms with E-state index in [4.69, 9.17) is 0 Å². The van der Waals surface area contributed by atoms with Gasteiger partial charge in [0.15, 0.2) is 0 Å². The molecular weight excluding hydrogens is 414 g/mol. The first-order valence-corrected chi connectivity index (χ1v) is 11.4. The highest BCUT2D eigenvalue weighted by Crippen LogP contribution is 2.24. The Labute approximate surface area is 192 Å². The van der Waals surface area contributed by atoms with Gasteiger partial charge in [-0.1, -0.05) is 37.1 Å². The molecule has 3 aromatic heterocycles. The zero-order valence-corrected chi connectivity index (χ0v) is 18.6. The minimum absolute atomic E-state index is 0.216. The maximum absolute atomic E-state index is 13.0. The van der Waals surface area contributed by atoms with Crippen LogP contribution in [0.25, 0.3) is 22.2 Å². The lowest BCUT2D eigenvalue weighted by Gasteiger charge is -2.28. The summed E-state index contributed by atoms with van der Waals surface area (Å²) in [5.41, 5.74) is 5.07. The average molecular weight is 442 g/mol. The number of amides is 1. The number of para-hydroxylation sites is 1. The number of hydrogen-bond donors (Lipinski definition) is 2. The van der Waals surface area contributed by atoms with Gasteiger partial charge in [-0.2, -0.15) is 5.10 Å². The third-order valence-electron chi connectivity index (χ3n) is 6.30. The molecule has 1 aliphatic rings. The van der Waals surface area contributed by atoms with Crippen molar-refractivity contribution < 1.29 is 9.90 Å². The number of aliphatic hydroxyl groups is 1. The van der Waals surface area contributed by atoms with Crippen molar-refractivity contribution in [2.45, 2.75) is 44.2 Å². The molecule has 5 rings (SSSR count). The zero-order valence-electron chi connectivity index (χ0n) is 18.6. The van der Waals surface area contributed by atoms with E-state index in [0.29, 0.717) is 12.1 Å². The van der Waals surface area contributed by atoms with Gasteiger partial charge >= 0.3 is 0 Å². The van der Waals surface area contributed by atoms with E-state index in [1.54, 1.807) is 10.9 Å². The van der Waals surface area contributed by atoms with Gasteiger partial charge in [0.25, 0.3) is 5.91 Å². The van der Waals surface area contributed by atoms with Gasteiger partial charge in [0, 0.05) is 30.4 Å². The van der Waals surface area contributed by atoms with Crippen LogP contribution in [0.2, 0.25) is 0 Å². The SMILES string of the molecule is Cn1cc(-c2ccc(Cc3cc(C(=O)N[C@H]4CCCC[C@@H]4O)nc4ccccc34)cn2)cn1. The number of aliphatic hydroxyl groups excluding tert-OH is 1. The van der Waals surface area contributed by atoms with Crippen LogP contribution in [-0.4, -0.2) is 42.9 Å². The molecule has 0 aliphatic heterocycles. The maximum Gasteiger partial charge on any atom is 0.270 e. The minimum Gasteiger partial charge on any atom is -0.391 e. The summed E-state index contributed by atoms with van der Waals surface area (Å²) in [5, 5.41) is 18.5. The molecule has 1 fully saturated rings. The third-order valence-corrected chi connectivity index (χ3v) is 6.30. The summed E-state index contributed by atoms with van der Waals surface area (Å²) in [4.78, 5) is 22.2. The molecule has 33 heavy (non-hydrogen) atoms. The van der Waals surface area contributed by atoms with Crippen LogP contribution in [-0.2, 0) is 13.5 Å². The van der Waals surface area contributed by atoms with Crippen molar-refractivity contribution in [1.29, 1.82) is 0 Å². The Morgan fingerprint density at radius 3 is 2.76 bits per heavy atom. The van der Waals surface area contributed by atoms with Crippen LogP contribution in [0.3, 0.4) is 0 Å². The van der Waals surface area contributed by atoms with E-state index in [9.17, 15) is 9.90 Å². The molecule has 1 aromatic carbocycles. The van der Waals surface area contributed by atoms with Gasteiger partial charge < -0.3 is 10.4 Å². The van der Waals surface area contributed by atoms with E-state index in [1.807, 2.05) is 55.8 Å². The lowest BCUT2D eigenvalue weighted by atomic mass is 9.92. The summed E-state index contributed by atoms with van der Waals surface area (Å²) >= 11 is 0. The lowest BCUT2D eigenvalue weighted by Crippen LogP contribution is -2.45. The number of carbonyl (C=O) groups excluding carboxylic acids is 1. The number of aryl methyl sites for hydroxylation is 1. The fraction of sp³-hybridized carbons (Fsp3) is 0.308. The van der Waals surface area contributed by atoms with Gasteiger partial charge in [-0.15, -0.1) is 0 Å². The third kappa shape index (κ3) is 4.64. The summed E-state index contributed by atoms with van der Waals surface area (Å²) in [6, 6.07) is 13.6. The fourth-order valence-electron chi connectivity index (χ4n) is 4.51. The number of pyridine rings is 2. The van der Waals surface area contributed by atoms with Gasteiger partial charge in [-0.05, 0) is 48.6 Å². The lowest BCUT2D eigenvalue weighted by molar-refractivity contribution is 0.0714. The first-order chi connectivity index (χ1) is 16.1. The highest BCUT2D eigenvalue weighted by atomic mass is 16.3. The van der Waals surface area contributed by atoms with Crippen LogP contribution < -0.4 is 5.32 Å². The summed E-state index contributed by atoms with van der Waals surface area (Å²) in [7, 11) is 1.88. The Morgan fingerprint density at radius 1 is 1.15 bits per heavy atom. The van der Waals surface area contributed by atoms with Gasteiger partial charge in [-0.25, -0.2) is 4.98 Å². The van der Waals surface area contributed by atoms with Crippen molar-refractivity contribution in [3.8, 4) is 11.3 Å². The number of fused-ring (bicyclic) bond motifs is 1. The minimum atomic E-state index is -0.493. The van der Waals surface area contributed by atoms with Gasteiger partial charge in [-0.3, -0.25) is 14.5 Å². The van der Waals surface area contributed by atoms with Crippen molar-refractivity contribution in [3.05, 3.63) is 77.9 Å². The van der Waals surface area contributed by atoms with Crippen LogP contribution in [0.4, 0.5) is 0 Å². The second-order valence-electron chi connectivity index (χ2n) is 8.75. The molecule has 0 saturated heterocycles. The standard InChI is InChI=1S/C26H27N5O2/c1-31-16-19(15-28-31)21-11-10-17(14-27-21)12-18-13-24(29-22-7-3-2-6-20(18)22)26(33)30-23-8-4-5-9-25(23)32/h2-3,6-7,10-11,13-16,23,25,32H,4-5,8-9,12H2,1H3,(H,30,33)/t23-,25-/m0/s1. The fourth-order valence-corrected chi connectivity index (χ4v) is 4.51. The van der Waals surface area contributed by atoms with E-state index < -0.39 is 6.10 Å². The van der Waals surface area contributed by atoms with Crippen molar-refractivity contribution in [2.75, 3.05) is 0 Å². The Balaban J connectivity index is 1.42. The number of nitrogens with zero attached hydrogens (tertiary/aromatic N) is 4. The maximum atomic E-state index is 13.0. The summed E-state index contributed by atoms with van der Waals surface area (Å²) in [6.45, 7) is 0. The second-order valence-corrected chi connectivity index (χ2v) is 8.75. The van der Waals surface area contributed by atoms with Crippen molar-refractivity contribution >= 4 is 16.8 Å². The van der Waals surface area contributed by atoms with Gasteiger partial charge in [0.2, 0.25) is 0 Å². The van der Waals surface area contributed by atoms with E-state index in [-0.39, 0.29) is 11.9 Å².